The Bertz CT molecular complexity index is 595. The Labute approximate surface area is 119 Å². The van der Waals surface area contributed by atoms with Crippen LogP contribution in [-0.2, 0) is 0 Å². The fraction of sp³-hybridized carbons (Fsp3) is 0.188. The molecule has 102 valence electrons. The van der Waals surface area contributed by atoms with Gasteiger partial charge in [0, 0.05) is 25.9 Å². The van der Waals surface area contributed by atoms with Crippen LogP contribution in [-0.4, -0.2) is 31.5 Å². The Morgan fingerprint density at radius 3 is 2.05 bits per heavy atom. The molecule has 0 saturated carbocycles. The third-order valence-electron chi connectivity index (χ3n) is 2.79. The predicted molar refractivity (Wildman–Crippen MR) is 84.9 cm³/mol. The Morgan fingerprint density at radius 1 is 0.900 bits per heavy atom. The van der Waals surface area contributed by atoms with Crippen LogP contribution in [0.25, 0.3) is 0 Å². The van der Waals surface area contributed by atoms with Gasteiger partial charge in [-0.15, -0.1) is 0 Å². The standard InChI is InChI=1S/C16H18N4/c1-13-4-6-14(7-5-13)11-18-19-12-15-8-9-16(17-10-15)20(2)3/h4-12H,1-3H3/b18-11+,19-12+. The highest BCUT2D eigenvalue weighted by molar-refractivity contribution is 5.82. The van der Waals surface area contributed by atoms with Gasteiger partial charge in [0.05, 0.1) is 12.4 Å². The second-order valence-electron chi connectivity index (χ2n) is 4.74. The molecule has 0 N–H and O–H groups in total. The van der Waals surface area contributed by atoms with Crippen LogP contribution in [0.2, 0.25) is 0 Å². The van der Waals surface area contributed by atoms with E-state index in [0.717, 1.165) is 16.9 Å². The molecule has 0 spiro atoms. The van der Waals surface area contributed by atoms with E-state index in [4.69, 9.17) is 0 Å². The SMILES string of the molecule is Cc1ccc(/C=N/N=C/c2ccc(N(C)C)nc2)cc1. The predicted octanol–water partition coefficient (Wildman–Crippen LogP) is 2.91. The number of aromatic nitrogens is 1. The molecule has 20 heavy (non-hydrogen) atoms. The van der Waals surface area contributed by atoms with E-state index in [1.54, 1.807) is 18.6 Å². The van der Waals surface area contributed by atoms with Gasteiger partial charge in [0.15, 0.2) is 0 Å². The van der Waals surface area contributed by atoms with Crippen LogP contribution in [0.15, 0.2) is 52.8 Å². The third-order valence-corrected chi connectivity index (χ3v) is 2.79. The smallest absolute Gasteiger partial charge is 0.127 e. The summed E-state index contributed by atoms with van der Waals surface area (Å²) in [6.45, 7) is 2.06. The topological polar surface area (TPSA) is 40.9 Å². The first-order chi connectivity index (χ1) is 9.65. The molecule has 0 aliphatic heterocycles. The number of hydrogen-bond donors (Lipinski definition) is 0. The van der Waals surface area contributed by atoms with Crippen LogP contribution in [0.3, 0.4) is 0 Å². The summed E-state index contributed by atoms with van der Waals surface area (Å²) in [7, 11) is 3.92. The summed E-state index contributed by atoms with van der Waals surface area (Å²) < 4.78 is 0. The number of benzene rings is 1. The van der Waals surface area contributed by atoms with Gasteiger partial charge in [-0.2, -0.15) is 10.2 Å². The normalized spacial score (nSPS) is 11.3. The van der Waals surface area contributed by atoms with Crippen LogP contribution >= 0.6 is 0 Å². The van der Waals surface area contributed by atoms with Gasteiger partial charge in [0.2, 0.25) is 0 Å². The van der Waals surface area contributed by atoms with Crippen LogP contribution < -0.4 is 4.90 Å². The van der Waals surface area contributed by atoms with Crippen molar-refractivity contribution in [1.82, 2.24) is 4.98 Å². The van der Waals surface area contributed by atoms with Crippen molar-refractivity contribution in [3.8, 4) is 0 Å². The van der Waals surface area contributed by atoms with Crippen LogP contribution in [0, 0.1) is 6.92 Å². The van der Waals surface area contributed by atoms with Gasteiger partial charge >= 0.3 is 0 Å². The van der Waals surface area contributed by atoms with Gasteiger partial charge in [-0.1, -0.05) is 29.8 Å². The van der Waals surface area contributed by atoms with Crippen molar-refractivity contribution >= 4 is 18.2 Å². The maximum absolute atomic E-state index is 4.31. The lowest BCUT2D eigenvalue weighted by atomic mass is 10.2. The first kappa shape index (κ1) is 13.9. The summed E-state index contributed by atoms with van der Waals surface area (Å²) in [4.78, 5) is 6.26. The van der Waals surface area contributed by atoms with E-state index < -0.39 is 0 Å². The van der Waals surface area contributed by atoms with Crippen molar-refractivity contribution in [2.45, 2.75) is 6.92 Å². The highest BCUT2D eigenvalue weighted by Gasteiger charge is 1.95. The second-order valence-corrected chi connectivity index (χ2v) is 4.74. The fourth-order valence-corrected chi connectivity index (χ4v) is 1.59. The van der Waals surface area contributed by atoms with E-state index in [0.29, 0.717) is 0 Å². The fourth-order valence-electron chi connectivity index (χ4n) is 1.59. The van der Waals surface area contributed by atoms with Gasteiger partial charge < -0.3 is 4.90 Å². The molecule has 0 aliphatic carbocycles. The lowest BCUT2D eigenvalue weighted by Crippen LogP contribution is -2.10. The minimum Gasteiger partial charge on any atom is -0.363 e. The highest BCUT2D eigenvalue weighted by Crippen LogP contribution is 2.06. The zero-order valence-corrected chi connectivity index (χ0v) is 12.0. The Kier molecular flexibility index (Phi) is 4.60. The Balaban J connectivity index is 1.97. The summed E-state index contributed by atoms with van der Waals surface area (Å²) >= 11 is 0. The molecule has 1 aromatic heterocycles. The average Bonchev–Trinajstić information content (AvgIpc) is 2.46. The van der Waals surface area contributed by atoms with Gasteiger partial charge in [0.25, 0.3) is 0 Å². The number of pyridine rings is 1. The quantitative estimate of drug-likeness (QED) is 0.630. The van der Waals surface area contributed by atoms with Crippen molar-refractivity contribution in [3.63, 3.8) is 0 Å². The van der Waals surface area contributed by atoms with Gasteiger partial charge in [-0.05, 0) is 24.6 Å². The molecule has 0 radical (unpaired) electrons. The van der Waals surface area contributed by atoms with Gasteiger partial charge in [-0.25, -0.2) is 4.98 Å². The van der Waals surface area contributed by atoms with E-state index in [-0.39, 0.29) is 0 Å². The van der Waals surface area contributed by atoms with E-state index >= 15 is 0 Å². The summed E-state index contributed by atoms with van der Waals surface area (Å²) in [6.07, 6.45) is 5.20. The van der Waals surface area contributed by atoms with E-state index in [1.807, 2.05) is 43.3 Å². The maximum Gasteiger partial charge on any atom is 0.127 e. The lowest BCUT2D eigenvalue weighted by molar-refractivity contribution is 1.07. The van der Waals surface area contributed by atoms with Crippen LogP contribution in [0.1, 0.15) is 16.7 Å². The molecule has 0 aliphatic rings. The summed E-state index contributed by atoms with van der Waals surface area (Å²) in [5, 5.41) is 8.06. The third kappa shape index (κ3) is 4.02. The first-order valence-electron chi connectivity index (χ1n) is 6.41. The molecule has 0 bridgehead atoms. The summed E-state index contributed by atoms with van der Waals surface area (Å²) in [5.41, 5.74) is 3.20. The lowest BCUT2D eigenvalue weighted by Gasteiger charge is -2.09. The minimum absolute atomic E-state index is 0.922. The summed E-state index contributed by atoms with van der Waals surface area (Å²) in [5.74, 6) is 0.922. The molecule has 2 aromatic rings. The first-order valence-corrected chi connectivity index (χ1v) is 6.41. The maximum atomic E-state index is 4.31. The minimum atomic E-state index is 0.922. The second kappa shape index (κ2) is 6.61. The van der Waals surface area contributed by atoms with E-state index in [1.165, 1.54) is 5.56 Å². The molecule has 1 aromatic carbocycles. The molecule has 0 amide bonds. The van der Waals surface area contributed by atoms with Gasteiger partial charge in [-0.3, -0.25) is 0 Å². The number of anilines is 1. The van der Waals surface area contributed by atoms with Crippen molar-refractivity contribution < 1.29 is 0 Å². The number of rotatable bonds is 4. The zero-order chi connectivity index (χ0) is 14.4. The van der Waals surface area contributed by atoms with Crippen LogP contribution in [0.5, 0.6) is 0 Å². The van der Waals surface area contributed by atoms with Crippen molar-refractivity contribution in [3.05, 3.63) is 59.3 Å². The molecule has 4 nitrogen and oxygen atoms in total. The highest BCUT2D eigenvalue weighted by atomic mass is 15.2. The van der Waals surface area contributed by atoms with E-state index in [2.05, 4.69) is 34.2 Å². The molecule has 0 unspecified atom stereocenters. The molecule has 1 heterocycles. The molecular formula is C16H18N4. The molecule has 2 rings (SSSR count). The molecule has 0 atom stereocenters. The Morgan fingerprint density at radius 2 is 1.50 bits per heavy atom. The van der Waals surface area contributed by atoms with Crippen molar-refractivity contribution in [2.24, 2.45) is 10.2 Å². The number of nitrogens with zero attached hydrogens (tertiary/aromatic N) is 4. The molecule has 4 heteroatoms. The number of aryl methyl sites for hydroxylation is 1. The largest absolute Gasteiger partial charge is 0.363 e. The van der Waals surface area contributed by atoms with E-state index in [9.17, 15) is 0 Å². The molecule has 0 fully saturated rings. The average molecular weight is 266 g/mol. The van der Waals surface area contributed by atoms with Crippen LogP contribution in [0.4, 0.5) is 5.82 Å². The van der Waals surface area contributed by atoms with Crippen molar-refractivity contribution in [2.75, 3.05) is 19.0 Å². The molecule has 0 saturated heterocycles. The monoisotopic (exact) mass is 266 g/mol. The van der Waals surface area contributed by atoms with Crippen molar-refractivity contribution in [1.29, 1.82) is 0 Å². The summed E-state index contributed by atoms with van der Waals surface area (Å²) in [6, 6.07) is 12.0. The number of hydrogen-bond acceptors (Lipinski definition) is 4. The Hall–Kier alpha value is -2.49. The molecular weight excluding hydrogens is 248 g/mol. The van der Waals surface area contributed by atoms with Gasteiger partial charge in [0.1, 0.15) is 5.82 Å². The zero-order valence-electron chi connectivity index (χ0n) is 12.0.